The number of nitrogens with zero attached hydrogens (tertiary/aromatic N) is 2. The van der Waals surface area contributed by atoms with E-state index in [0.29, 0.717) is 11.6 Å². The predicted octanol–water partition coefficient (Wildman–Crippen LogP) is 2.01. The third-order valence-electron chi connectivity index (χ3n) is 3.32. The van der Waals surface area contributed by atoms with Crippen molar-refractivity contribution in [2.24, 2.45) is 7.05 Å². The maximum Gasteiger partial charge on any atom is 0.0946 e. The molecule has 1 aliphatic rings. The van der Waals surface area contributed by atoms with Gasteiger partial charge in [-0.15, -0.1) is 0 Å². The van der Waals surface area contributed by atoms with Gasteiger partial charge in [0.2, 0.25) is 0 Å². The first kappa shape index (κ1) is 9.71. The fraction of sp³-hybridized carbons (Fsp3) is 0.727. The molecule has 0 radical (unpaired) electrons. The van der Waals surface area contributed by atoms with Gasteiger partial charge in [-0.1, -0.05) is 0 Å². The molecule has 1 aromatic rings. The summed E-state index contributed by atoms with van der Waals surface area (Å²) >= 11 is 0. The first-order chi connectivity index (χ1) is 6.61. The predicted molar refractivity (Wildman–Crippen MR) is 57.0 cm³/mol. The van der Waals surface area contributed by atoms with Crippen molar-refractivity contribution >= 4 is 0 Å². The van der Waals surface area contributed by atoms with Crippen LogP contribution in [0.1, 0.15) is 44.8 Å². The number of imidazole rings is 1. The summed E-state index contributed by atoms with van der Waals surface area (Å²) < 4.78 is 2.08. The molecule has 1 heterocycles. The van der Waals surface area contributed by atoms with Crippen molar-refractivity contribution in [2.45, 2.75) is 44.7 Å². The highest BCUT2D eigenvalue weighted by atomic mass is 15.1. The van der Waals surface area contributed by atoms with E-state index in [1.807, 2.05) is 19.6 Å². The van der Waals surface area contributed by atoms with E-state index in [0.717, 1.165) is 0 Å². The molecule has 0 aromatic carbocycles. The van der Waals surface area contributed by atoms with Gasteiger partial charge in [0.25, 0.3) is 0 Å². The van der Waals surface area contributed by atoms with Gasteiger partial charge in [0.15, 0.2) is 0 Å². The summed E-state index contributed by atoms with van der Waals surface area (Å²) in [6.07, 6.45) is 7.77. The smallest absolute Gasteiger partial charge is 0.0946 e. The second-order valence-electron chi connectivity index (χ2n) is 4.71. The Hall–Kier alpha value is -0.830. The fourth-order valence-electron chi connectivity index (χ4n) is 2.23. The van der Waals surface area contributed by atoms with E-state index in [2.05, 4.69) is 28.7 Å². The standard InChI is InChI=1S/C11H19N3/c1-9(10-7-12-8-14(10)3)13-11(2)5-4-6-11/h7-9,13H,4-6H2,1-3H3. The molecule has 1 saturated carbocycles. The topological polar surface area (TPSA) is 29.9 Å². The SMILES string of the molecule is CC(NC1(C)CCC1)c1cncn1C. The van der Waals surface area contributed by atoms with Crippen LogP contribution in [0, 0.1) is 0 Å². The Balaban J connectivity index is 2.02. The zero-order valence-electron chi connectivity index (χ0n) is 9.25. The van der Waals surface area contributed by atoms with Crippen LogP contribution in [0.5, 0.6) is 0 Å². The van der Waals surface area contributed by atoms with Gasteiger partial charge in [-0.05, 0) is 33.1 Å². The van der Waals surface area contributed by atoms with E-state index in [1.165, 1.54) is 25.0 Å². The van der Waals surface area contributed by atoms with Gasteiger partial charge in [0, 0.05) is 24.8 Å². The van der Waals surface area contributed by atoms with E-state index in [1.54, 1.807) is 0 Å². The van der Waals surface area contributed by atoms with E-state index in [9.17, 15) is 0 Å². The summed E-state index contributed by atoms with van der Waals surface area (Å²) in [6, 6.07) is 0.396. The van der Waals surface area contributed by atoms with Crippen LogP contribution in [-0.2, 0) is 7.05 Å². The second-order valence-corrected chi connectivity index (χ2v) is 4.71. The minimum absolute atomic E-state index is 0.365. The number of rotatable bonds is 3. The lowest BCUT2D eigenvalue weighted by Crippen LogP contribution is -2.49. The molecule has 0 saturated heterocycles. The molecule has 0 bridgehead atoms. The molecule has 1 N–H and O–H groups in total. The van der Waals surface area contributed by atoms with Crippen molar-refractivity contribution in [1.29, 1.82) is 0 Å². The Morgan fingerprint density at radius 1 is 1.57 bits per heavy atom. The molecule has 1 aromatic heterocycles. The highest BCUT2D eigenvalue weighted by Gasteiger charge is 2.33. The zero-order valence-corrected chi connectivity index (χ0v) is 9.25. The van der Waals surface area contributed by atoms with Crippen molar-refractivity contribution in [3.05, 3.63) is 18.2 Å². The molecule has 2 rings (SSSR count). The van der Waals surface area contributed by atoms with Gasteiger partial charge in [-0.25, -0.2) is 4.98 Å². The van der Waals surface area contributed by atoms with Gasteiger partial charge in [0.1, 0.15) is 0 Å². The van der Waals surface area contributed by atoms with Crippen LogP contribution in [0.25, 0.3) is 0 Å². The average molecular weight is 193 g/mol. The molecule has 3 heteroatoms. The zero-order chi connectivity index (χ0) is 10.2. The van der Waals surface area contributed by atoms with E-state index < -0.39 is 0 Å². The van der Waals surface area contributed by atoms with Gasteiger partial charge in [0.05, 0.1) is 12.0 Å². The Labute approximate surface area is 85.5 Å². The summed E-state index contributed by atoms with van der Waals surface area (Å²) in [6.45, 7) is 4.52. The van der Waals surface area contributed by atoms with Crippen LogP contribution >= 0.6 is 0 Å². The Kier molecular flexibility index (Phi) is 2.35. The maximum atomic E-state index is 4.14. The normalized spacial score (nSPS) is 21.6. The van der Waals surface area contributed by atoms with Gasteiger partial charge in [-0.3, -0.25) is 0 Å². The summed E-state index contributed by atoms with van der Waals surface area (Å²) in [7, 11) is 2.05. The fourth-order valence-corrected chi connectivity index (χ4v) is 2.23. The molecular formula is C11H19N3. The van der Waals surface area contributed by atoms with Crippen LogP contribution in [0.15, 0.2) is 12.5 Å². The summed E-state index contributed by atoms with van der Waals surface area (Å²) in [5.74, 6) is 0. The number of hydrogen-bond donors (Lipinski definition) is 1. The lowest BCUT2D eigenvalue weighted by molar-refractivity contribution is 0.187. The number of aryl methyl sites for hydroxylation is 1. The van der Waals surface area contributed by atoms with Crippen LogP contribution in [0.2, 0.25) is 0 Å². The van der Waals surface area contributed by atoms with E-state index in [4.69, 9.17) is 0 Å². The van der Waals surface area contributed by atoms with Crippen molar-refractivity contribution in [3.8, 4) is 0 Å². The molecular weight excluding hydrogens is 174 g/mol. The highest BCUT2D eigenvalue weighted by Crippen LogP contribution is 2.33. The molecule has 1 atom stereocenters. The minimum Gasteiger partial charge on any atom is -0.336 e. The molecule has 3 nitrogen and oxygen atoms in total. The molecule has 0 spiro atoms. The lowest BCUT2D eigenvalue weighted by atomic mass is 9.78. The molecule has 14 heavy (non-hydrogen) atoms. The van der Waals surface area contributed by atoms with E-state index >= 15 is 0 Å². The van der Waals surface area contributed by atoms with Crippen LogP contribution in [0.3, 0.4) is 0 Å². The second kappa shape index (κ2) is 3.39. The van der Waals surface area contributed by atoms with Crippen molar-refractivity contribution in [1.82, 2.24) is 14.9 Å². The molecule has 0 aliphatic heterocycles. The first-order valence-electron chi connectivity index (χ1n) is 5.35. The van der Waals surface area contributed by atoms with E-state index in [-0.39, 0.29) is 0 Å². The largest absolute Gasteiger partial charge is 0.336 e. The minimum atomic E-state index is 0.365. The Morgan fingerprint density at radius 3 is 2.71 bits per heavy atom. The number of hydrogen-bond acceptors (Lipinski definition) is 2. The van der Waals surface area contributed by atoms with Crippen LogP contribution in [0.4, 0.5) is 0 Å². The van der Waals surface area contributed by atoms with Crippen molar-refractivity contribution in [2.75, 3.05) is 0 Å². The summed E-state index contributed by atoms with van der Waals surface area (Å²) in [5, 5.41) is 3.68. The summed E-state index contributed by atoms with van der Waals surface area (Å²) in [5.41, 5.74) is 1.63. The van der Waals surface area contributed by atoms with Gasteiger partial charge >= 0.3 is 0 Å². The Morgan fingerprint density at radius 2 is 2.29 bits per heavy atom. The molecule has 0 amide bonds. The average Bonchev–Trinajstić information content (AvgIpc) is 2.48. The summed E-state index contributed by atoms with van der Waals surface area (Å²) in [4.78, 5) is 4.14. The molecule has 78 valence electrons. The highest BCUT2D eigenvalue weighted by molar-refractivity contribution is 5.06. The lowest BCUT2D eigenvalue weighted by Gasteiger charge is -2.41. The Bertz CT molecular complexity index is 312. The number of nitrogens with one attached hydrogen (secondary N) is 1. The monoisotopic (exact) mass is 193 g/mol. The third kappa shape index (κ3) is 1.69. The van der Waals surface area contributed by atoms with Crippen LogP contribution < -0.4 is 5.32 Å². The van der Waals surface area contributed by atoms with Gasteiger partial charge < -0.3 is 9.88 Å². The van der Waals surface area contributed by atoms with Gasteiger partial charge in [-0.2, -0.15) is 0 Å². The number of aromatic nitrogens is 2. The van der Waals surface area contributed by atoms with Crippen molar-refractivity contribution < 1.29 is 0 Å². The molecule has 1 unspecified atom stereocenters. The van der Waals surface area contributed by atoms with Crippen molar-refractivity contribution in [3.63, 3.8) is 0 Å². The van der Waals surface area contributed by atoms with Crippen LogP contribution in [-0.4, -0.2) is 15.1 Å². The molecule has 1 fully saturated rings. The first-order valence-corrected chi connectivity index (χ1v) is 5.35. The quantitative estimate of drug-likeness (QED) is 0.796. The maximum absolute atomic E-state index is 4.14. The third-order valence-corrected chi connectivity index (χ3v) is 3.32. The molecule has 1 aliphatic carbocycles.